The molecule has 0 saturated heterocycles. The summed E-state index contributed by atoms with van der Waals surface area (Å²) in [5.74, 6) is 0. The summed E-state index contributed by atoms with van der Waals surface area (Å²) in [5, 5.41) is 6.22. The molecule has 0 heterocycles. The number of benzene rings is 1. The molecule has 0 fully saturated rings. The first-order chi connectivity index (χ1) is 8.47. The number of thioether (sulfide) groups is 1. The summed E-state index contributed by atoms with van der Waals surface area (Å²) in [6.45, 7) is 8.80. The fourth-order valence-corrected chi connectivity index (χ4v) is 2.29. The minimum atomic E-state index is -0.120. The highest BCUT2D eigenvalue weighted by molar-refractivity contribution is 7.99. The van der Waals surface area contributed by atoms with Crippen molar-refractivity contribution in [2.24, 2.45) is 0 Å². The van der Waals surface area contributed by atoms with E-state index in [9.17, 15) is 4.79 Å². The molecule has 2 N–H and O–H groups in total. The van der Waals surface area contributed by atoms with Crippen LogP contribution in [0.3, 0.4) is 0 Å². The third-order valence-electron chi connectivity index (χ3n) is 2.17. The Bertz CT molecular complexity index is 374. The number of amides is 2. The van der Waals surface area contributed by atoms with Crippen molar-refractivity contribution in [3.8, 4) is 0 Å². The van der Waals surface area contributed by atoms with Crippen LogP contribution in [0.15, 0.2) is 29.2 Å². The van der Waals surface area contributed by atoms with Crippen molar-refractivity contribution in [1.29, 1.82) is 0 Å². The highest BCUT2D eigenvalue weighted by Gasteiger charge is 2.02. The van der Waals surface area contributed by atoms with Crippen LogP contribution in [0, 0.1) is 0 Å². The van der Waals surface area contributed by atoms with Crippen LogP contribution in [0.25, 0.3) is 0 Å². The van der Waals surface area contributed by atoms with Crippen molar-refractivity contribution in [2.75, 3.05) is 0 Å². The number of rotatable bonds is 5. The molecule has 0 aliphatic rings. The van der Waals surface area contributed by atoms with Gasteiger partial charge in [-0.3, -0.25) is 0 Å². The smallest absolute Gasteiger partial charge is 0.315 e. The van der Waals surface area contributed by atoms with Gasteiger partial charge in [0.05, 0.1) is 0 Å². The maximum Gasteiger partial charge on any atom is 0.315 e. The van der Waals surface area contributed by atoms with Gasteiger partial charge < -0.3 is 10.6 Å². The van der Waals surface area contributed by atoms with E-state index in [-0.39, 0.29) is 12.1 Å². The van der Waals surface area contributed by atoms with E-state index in [2.05, 4.69) is 48.7 Å². The standard InChI is InChI=1S/C14H22N2OS/c1-10(2)16-14(17)15-9-12-5-7-13(8-6-12)18-11(3)4/h5-8,10-11H,9H2,1-4H3,(H2,15,16,17). The summed E-state index contributed by atoms with van der Waals surface area (Å²) in [6.07, 6.45) is 0. The molecule has 4 heteroatoms. The number of nitrogens with one attached hydrogen (secondary N) is 2. The van der Waals surface area contributed by atoms with Gasteiger partial charge in [-0.2, -0.15) is 0 Å². The third kappa shape index (κ3) is 5.96. The van der Waals surface area contributed by atoms with E-state index >= 15 is 0 Å². The van der Waals surface area contributed by atoms with E-state index in [1.165, 1.54) is 4.90 Å². The van der Waals surface area contributed by atoms with Gasteiger partial charge in [-0.25, -0.2) is 4.79 Å². The Kier molecular flexibility index (Phi) is 6.05. The number of hydrogen-bond donors (Lipinski definition) is 2. The summed E-state index contributed by atoms with van der Waals surface area (Å²) in [6, 6.07) is 8.35. The van der Waals surface area contributed by atoms with E-state index < -0.39 is 0 Å². The first-order valence-electron chi connectivity index (χ1n) is 6.27. The Morgan fingerprint density at radius 1 is 1.17 bits per heavy atom. The molecule has 0 spiro atoms. The molecular formula is C14H22N2OS. The fraction of sp³-hybridized carbons (Fsp3) is 0.500. The average molecular weight is 266 g/mol. The lowest BCUT2D eigenvalue weighted by Crippen LogP contribution is -2.39. The van der Waals surface area contributed by atoms with Crippen LogP contribution in [-0.4, -0.2) is 17.3 Å². The Hall–Kier alpha value is -1.16. The molecule has 0 radical (unpaired) electrons. The molecule has 3 nitrogen and oxygen atoms in total. The van der Waals surface area contributed by atoms with Crippen molar-refractivity contribution in [2.45, 2.75) is 50.4 Å². The lowest BCUT2D eigenvalue weighted by Gasteiger charge is -2.10. The van der Waals surface area contributed by atoms with Crippen LogP contribution in [0.1, 0.15) is 33.3 Å². The van der Waals surface area contributed by atoms with Crippen LogP contribution in [-0.2, 0) is 6.54 Å². The van der Waals surface area contributed by atoms with Crippen molar-refractivity contribution in [3.63, 3.8) is 0 Å². The molecule has 1 rings (SSSR count). The highest BCUT2D eigenvalue weighted by Crippen LogP contribution is 2.22. The zero-order chi connectivity index (χ0) is 13.5. The summed E-state index contributed by atoms with van der Waals surface area (Å²) in [5.41, 5.74) is 1.11. The normalized spacial score (nSPS) is 10.8. The molecule has 0 unspecified atom stereocenters. The molecule has 0 saturated carbocycles. The molecule has 0 atom stereocenters. The maximum atomic E-state index is 11.4. The molecule has 0 aliphatic carbocycles. The van der Waals surface area contributed by atoms with Gasteiger partial charge in [-0.15, -0.1) is 11.8 Å². The number of carbonyl (C=O) groups is 1. The van der Waals surface area contributed by atoms with Crippen molar-refractivity contribution < 1.29 is 4.79 Å². The number of hydrogen-bond acceptors (Lipinski definition) is 2. The van der Waals surface area contributed by atoms with Crippen LogP contribution in [0.5, 0.6) is 0 Å². The second-order valence-corrected chi connectivity index (χ2v) is 6.44. The Morgan fingerprint density at radius 3 is 2.28 bits per heavy atom. The summed E-state index contributed by atoms with van der Waals surface area (Å²) < 4.78 is 0. The van der Waals surface area contributed by atoms with Gasteiger partial charge in [-0.05, 0) is 31.5 Å². The van der Waals surface area contributed by atoms with Gasteiger partial charge in [0.2, 0.25) is 0 Å². The van der Waals surface area contributed by atoms with E-state index in [1.54, 1.807) is 0 Å². The Labute approximate surface area is 114 Å². The van der Waals surface area contributed by atoms with E-state index in [0.29, 0.717) is 11.8 Å². The SMILES string of the molecule is CC(C)NC(=O)NCc1ccc(SC(C)C)cc1. The number of carbonyl (C=O) groups excluding carboxylic acids is 1. The monoisotopic (exact) mass is 266 g/mol. The summed E-state index contributed by atoms with van der Waals surface area (Å²) in [7, 11) is 0. The topological polar surface area (TPSA) is 41.1 Å². The van der Waals surface area contributed by atoms with Crippen molar-refractivity contribution in [3.05, 3.63) is 29.8 Å². The molecule has 1 aromatic carbocycles. The number of urea groups is 1. The van der Waals surface area contributed by atoms with Gasteiger partial charge in [-0.1, -0.05) is 26.0 Å². The maximum absolute atomic E-state index is 11.4. The second kappa shape index (κ2) is 7.31. The predicted molar refractivity (Wildman–Crippen MR) is 77.9 cm³/mol. The summed E-state index contributed by atoms with van der Waals surface area (Å²) in [4.78, 5) is 12.7. The van der Waals surface area contributed by atoms with Gasteiger partial charge >= 0.3 is 6.03 Å². The predicted octanol–water partition coefficient (Wildman–Crippen LogP) is 3.39. The lowest BCUT2D eigenvalue weighted by atomic mass is 10.2. The van der Waals surface area contributed by atoms with Crippen LogP contribution < -0.4 is 10.6 Å². The Balaban J connectivity index is 2.41. The third-order valence-corrected chi connectivity index (χ3v) is 3.18. The molecule has 2 amide bonds. The summed E-state index contributed by atoms with van der Waals surface area (Å²) >= 11 is 1.84. The van der Waals surface area contributed by atoms with Crippen molar-refractivity contribution >= 4 is 17.8 Å². The molecule has 100 valence electrons. The molecular weight excluding hydrogens is 244 g/mol. The molecule has 0 aromatic heterocycles. The quantitative estimate of drug-likeness (QED) is 0.802. The van der Waals surface area contributed by atoms with E-state index in [1.807, 2.05) is 25.6 Å². The molecule has 1 aromatic rings. The first kappa shape index (κ1) is 14.9. The zero-order valence-corrected chi connectivity index (χ0v) is 12.3. The van der Waals surface area contributed by atoms with Gasteiger partial charge in [0, 0.05) is 22.7 Å². The van der Waals surface area contributed by atoms with Gasteiger partial charge in [0.15, 0.2) is 0 Å². The average Bonchev–Trinajstić information content (AvgIpc) is 2.26. The van der Waals surface area contributed by atoms with Crippen molar-refractivity contribution in [1.82, 2.24) is 10.6 Å². The van der Waals surface area contributed by atoms with Crippen LogP contribution in [0.4, 0.5) is 4.79 Å². The molecule has 0 aliphatic heterocycles. The largest absolute Gasteiger partial charge is 0.336 e. The minimum absolute atomic E-state index is 0.120. The molecule has 18 heavy (non-hydrogen) atoms. The fourth-order valence-electron chi connectivity index (χ4n) is 1.45. The van der Waals surface area contributed by atoms with Crippen LogP contribution >= 0.6 is 11.8 Å². The molecule has 0 bridgehead atoms. The highest BCUT2D eigenvalue weighted by atomic mass is 32.2. The minimum Gasteiger partial charge on any atom is -0.336 e. The van der Waals surface area contributed by atoms with Crippen LogP contribution in [0.2, 0.25) is 0 Å². The van der Waals surface area contributed by atoms with E-state index in [4.69, 9.17) is 0 Å². The lowest BCUT2D eigenvalue weighted by molar-refractivity contribution is 0.238. The van der Waals surface area contributed by atoms with Gasteiger partial charge in [0.1, 0.15) is 0 Å². The Morgan fingerprint density at radius 2 is 1.78 bits per heavy atom. The zero-order valence-electron chi connectivity index (χ0n) is 11.5. The van der Waals surface area contributed by atoms with Gasteiger partial charge in [0.25, 0.3) is 0 Å². The van der Waals surface area contributed by atoms with E-state index in [0.717, 1.165) is 5.56 Å². The first-order valence-corrected chi connectivity index (χ1v) is 7.15. The second-order valence-electron chi connectivity index (χ2n) is 4.79.